The van der Waals surface area contributed by atoms with Gasteiger partial charge in [-0.1, -0.05) is 12.1 Å². The number of nitrogens with one attached hydrogen (secondary N) is 2. The minimum Gasteiger partial charge on any atom is -0.497 e. The number of carbonyl (C=O) groups excluding carboxylic acids is 2. The van der Waals surface area contributed by atoms with E-state index in [-0.39, 0.29) is 0 Å². The van der Waals surface area contributed by atoms with Gasteiger partial charge in [-0.25, -0.2) is 8.42 Å². The van der Waals surface area contributed by atoms with E-state index in [4.69, 9.17) is 4.74 Å². The number of carbonyl (C=O) groups is 2. The largest absolute Gasteiger partial charge is 0.497 e. The van der Waals surface area contributed by atoms with Crippen LogP contribution in [0.5, 0.6) is 5.75 Å². The van der Waals surface area contributed by atoms with Crippen molar-refractivity contribution in [2.24, 2.45) is 0 Å². The molecule has 0 spiro atoms. The van der Waals surface area contributed by atoms with Crippen molar-refractivity contribution in [3.05, 3.63) is 53.6 Å². The third kappa shape index (κ3) is 5.29. The molecule has 0 fully saturated rings. The minimum absolute atomic E-state index is 0.325. The van der Waals surface area contributed by atoms with E-state index in [1.807, 2.05) is 24.3 Å². The summed E-state index contributed by atoms with van der Waals surface area (Å²) < 4.78 is 30.3. The molecular formula is C21H25N3O5S. The molecule has 8 nitrogen and oxygen atoms in total. The highest BCUT2D eigenvalue weighted by Crippen LogP contribution is 2.31. The summed E-state index contributed by atoms with van der Waals surface area (Å²) in [5.74, 6) is -0.730. The molecule has 0 atom stereocenters. The fourth-order valence-electron chi connectivity index (χ4n) is 3.37. The number of ether oxygens (including phenoxy) is 1. The third-order valence-electron chi connectivity index (χ3n) is 4.88. The molecule has 1 heterocycles. The van der Waals surface area contributed by atoms with Gasteiger partial charge >= 0.3 is 11.8 Å². The number of methoxy groups -OCH3 is 1. The van der Waals surface area contributed by atoms with Crippen LogP contribution in [0.25, 0.3) is 0 Å². The van der Waals surface area contributed by atoms with Crippen molar-refractivity contribution in [3.63, 3.8) is 0 Å². The van der Waals surface area contributed by atoms with Gasteiger partial charge in [0.15, 0.2) is 0 Å². The van der Waals surface area contributed by atoms with E-state index >= 15 is 0 Å². The number of anilines is 2. The molecule has 160 valence electrons. The summed E-state index contributed by atoms with van der Waals surface area (Å²) in [5.41, 5.74) is 2.91. The van der Waals surface area contributed by atoms with E-state index in [0.717, 1.165) is 16.9 Å². The van der Waals surface area contributed by atoms with Gasteiger partial charge in [0.05, 0.1) is 19.1 Å². The molecule has 0 aromatic heterocycles. The second-order valence-electron chi connectivity index (χ2n) is 7.09. The van der Waals surface area contributed by atoms with Crippen LogP contribution in [-0.4, -0.2) is 46.7 Å². The molecule has 0 saturated carbocycles. The lowest BCUT2D eigenvalue weighted by Gasteiger charge is -2.29. The Morgan fingerprint density at radius 1 is 1.10 bits per heavy atom. The number of hydrogen-bond donors (Lipinski definition) is 2. The lowest BCUT2D eigenvalue weighted by atomic mass is 10.0. The van der Waals surface area contributed by atoms with E-state index in [0.29, 0.717) is 43.7 Å². The van der Waals surface area contributed by atoms with Crippen LogP contribution >= 0.6 is 0 Å². The molecule has 0 saturated heterocycles. The molecule has 2 aromatic carbocycles. The quantitative estimate of drug-likeness (QED) is 0.678. The number of hydrogen-bond acceptors (Lipinski definition) is 5. The number of benzene rings is 2. The number of fused-ring (bicyclic) bond motifs is 1. The van der Waals surface area contributed by atoms with Gasteiger partial charge in [0.25, 0.3) is 0 Å². The van der Waals surface area contributed by atoms with Gasteiger partial charge in [0.2, 0.25) is 10.0 Å². The fourth-order valence-corrected chi connectivity index (χ4v) is 4.36. The summed E-state index contributed by atoms with van der Waals surface area (Å²) in [6.45, 7) is 0.764. The van der Waals surface area contributed by atoms with Crippen LogP contribution in [-0.2, 0) is 32.5 Å². The minimum atomic E-state index is -3.35. The molecule has 2 amide bonds. The first kappa shape index (κ1) is 21.6. The summed E-state index contributed by atoms with van der Waals surface area (Å²) >= 11 is 0. The second-order valence-corrected chi connectivity index (χ2v) is 9.00. The Labute approximate surface area is 176 Å². The third-order valence-corrected chi connectivity index (χ3v) is 6.06. The standard InChI is InChI=1S/C21H25N3O5S/c1-29-18-8-5-15(6-9-18)11-12-22-20(25)21(26)23-17-7-10-19-16(14-17)4-3-13-24(19)30(2,27)28/h5-10,14H,3-4,11-13H2,1-2H3,(H,22,25)(H,23,26). The van der Waals surface area contributed by atoms with Crippen LogP contribution in [0.1, 0.15) is 17.5 Å². The van der Waals surface area contributed by atoms with Crippen LogP contribution < -0.4 is 19.7 Å². The van der Waals surface area contributed by atoms with E-state index in [1.54, 1.807) is 25.3 Å². The molecule has 0 radical (unpaired) electrons. The SMILES string of the molecule is COc1ccc(CCNC(=O)C(=O)Nc2ccc3c(c2)CCCN3S(C)(=O)=O)cc1. The molecule has 3 rings (SSSR count). The zero-order valence-corrected chi connectivity index (χ0v) is 17.8. The first-order valence-electron chi connectivity index (χ1n) is 9.60. The van der Waals surface area contributed by atoms with Crippen LogP contribution in [0.15, 0.2) is 42.5 Å². The number of amides is 2. The molecular weight excluding hydrogens is 406 g/mol. The predicted molar refractivity (Wildman–Crippen MR) is 115 cm³/mol. The maximum Gasteiger partial charge on any atom is 0.313 e. The Bertz CT molecular complexity index is 1040. The summed E-state index contributed by atoms with van der Waals surface area (Å²) in [6.07, 6.45) is 3.17. The van der Waals surface area contributed by atoms with Crippen LogP contribution in [0.3, 0.4) is 0 Å². The zero-order valence-electron chi connectivity index (χ0n) is 17.0. The summed E-state index contributed by atoms with van der Waals surface area (Å²) in [5, 5.41) is 5.17. The van der Waals surface area contributed by atoms with Gasteiger partial charge in [-0.3, -0.25) is 13.9 Å². The topological polar surface area (TPSA) is 105 Å². The van der Waals surface area contributed by atoms with Crippen molar-refractivity contribution >= 4 is 33.2 Å². The van der Waals surface area contributed by atoms with Crippen molar-refractivity contribution in [3.8, 4) is 5.75 Å². The normalized spacial score (nSPS) is 13.3. The highest BCUT2D eigenvalue weighted by molar-refractivity contribution is 7.92. The molecule has 0 aliphatic carbocycles. The number of sulfonamides is 1. The summed E-state index contributed by atoms with van der Waals surface area (Å²) in [4.78, 5) is 24.3. The Kier molecular flexibility index (Phi) is 6.61. The van der Waals surface area contributed by atoms with Gasteiger partial charge in [-0.05, 0) is 60.7 Å². The Morgan fingerprint density at radius 3 is 2.50 bits per heavy atom. The monoisotopic (exact) mass is 431 g/mol. The summed E-state index contributed by atoms with van der Waals surface area (Å²) in [7, 11) is -1.76. The van der Waals surface area contributed by atoms with E-state index in [2.05, 4.69) is 10.6 Å². The lowest BCUT2D eigenvalue weighted by Crippen LogP contribution is -2.36. The molecule has 1 aliphatic heterocycles. The van der Waals surface area contributed by atoms with Crippen molar-refractivity contribution in [2.75, 3.05) is 36.1 Å². The number of rotatable bonds is 6. The molecule has 1 aliphatic rings. The second kappa shape index (κ2) is 9.17. The van der Waals surface area contributed by atoms with Crippen LogP contribution in [0, 0.1) is 0 Å². The van der Waals surface area contributed by atoms with E-state index in [9.17, 15) is 18.0 Å². The fraction of sp³-hybridized carbons (Fsp3) is 0.333. The maximum absolute atomic E-state index is 12.2. The first-order chi connectivity index (χ1) is 14.3. The van der Waals surface area contributed by atoms with Crippen LogP contribution in [0.2, 0.25) is 0 Å². The van der Waals surface area contributed by atoms with Crippen molar-refractivity contribution in [2.45, 2.75) is 19.3 Å². The lowest BCUT2D eigenvalue weighted by molar-refractivity contribution is -0.136. The molecule has 2 N–H and O–H groups in total. The Morgan fingerprint density at radius 2 is 1.83 bits per heavy atom. The van der Waals surface area contributed by atoms with E-state index in [1.165, 1.54) is 10.6 Å². The van der Waals surface area contributed by atoms with Gasteiger partial charge < -0.3 is 15.4 Å². The average Bonchev–Trinajstić information content (AvgIpc) is 2.72. The molecule has 0 unspecified atom stereocenters. The van der Waals surface area contributed by atoms with E-state index < -0.39 is 21.8 Å². The Balaban J connectivity index is 1.55. The molecule has 30 heavy (non-hydrogen) atoms. The highest BCUT2D eigenvalue weighted by Gasteiger charge is 2.24. The molecule has 2 aromatic rings. The molecule has 9 heteroatoms. The van der Waals surface area contributed by atoms with Crippen LogP contribution in [0.4, 0.5) is 11.4 Å². The average molecular weight is 432 g/mol. The van der Waals surface area contributed by atoms with Gasteiger partial charge in [0, 0.05) is 18.8 Å². The first-order valence-corrected chi connectivity index (χ1v) is 11.5. The highest BCUT2D eigenvalue weighted by atomic mass is 32.2. The van der Waals surface area contributed by atoms with Gasteiger partial charge in [-0.15, -0.1) is 0 Å². The number of aryl methyl sites for hydroxylation is 1. The van der Waals surface area contributed by atoms with Gasteiger partial charge in [0.1, 0.15) is 5.75 Å². The molecule has 0 bridgehead atoms. The van der Waals surface area contributed by atoms with Crippen molar-refractivity contribution < 1.29 is 22.7 Å². The number of nitrogens with zero attached hydrogens (tertiary/aromatic N) is 1. The predicted octanol–water partition coefficient (Wildman–Crippen LogP) is 1.70. The Hall–Kier alpha value is -3.07. The smallest absolute Gasteiger partial charge is 0.313 e. The zero-order chi connectivity index (χ0) is 21.7. The summed E-state index contributed by atoms with van der Waals surface area (Å²) in [6, 6.07) is 12.5. The van der Waals surface area contributed by atoms with Crippen molar-refractivity contribution in [1.29, 1.82) is 0 Å². The van der Waals surface area contributed by atoms with Crippen molar-refractivity contribution in [1.82, 2.24) is 5.32 Å². The van der Waals surface area contributed by atoms with Gasteiger partial charge in [-0.2, -0.15) is 0 Å². The maximum atomic E-state index is 12.2.